The van der Waals surface area contributed by atoms with Crippen molar-refractivity contribution in [3.63, 3.8) is 0 Å². The number of carbonyl (C=O) groups excluding carboxylic acids is 1. The van der Waals surface area contributed by atoms with Crippen LogP contribution >= 0.6 is 0 Å². The Balaban J connectivity index is 1.60. The second-order valence-electron chi connectivity index (χ2n) is 9.35. The zero-order valence-electron chi connectivity index (χ0n) is 21.2. The van der Waals surface area contributed by atoms with Crippen LogP contribution in [0.4, 0.5) is 11.5 Å². The lowest BCUT2D eigenvalue weighted by Crippen LogP contribution is -2.50. The lowest BCUT2D eigenvalue weighted by atomic mass is 9.99. The van der Waals surface area contributed by atoms with Gasteiger partial charge in [-0.25, -0.2) is 0 Å². The lowest BCUT2D eigenvalue weighted by Gasteiger charge is -2.35. The molecule has 0 atom stereocenters. The summed E-state index contributed by atoms with van der Waals surface area (Å²) in [7, 11) is 0. The second-order valence-corrected chi connectivity index (χ2v) is 9.35. The third-order valence-corrected chi connectivity index (χ3v) is 7.14. The number of pyridine rings is 1. The molecular formula is C29H32N5O2+. The van der Waals surface area contributed by atoms with E-state index in [1.54, 1.807) is 0 Å². The van der Waals surface area contributed by atoms with E-state index in [9.17, 15) is 10.1 Å². The molecule has 1 aliphatic heterocycles. The molecule has 2 aromatic carbocycles. The number of benzene rings is 2. The molecule has 0 spiro atoms. The zero-order valence-corrected chi connectivity index (χ0v) is 21.2. The van der Waals surface area contributed by atoms with E-state index in [2.05, 4.69) is 62.5 Å². The van der Waals surface area contributed by atoms with Gasteiger partial charge in [-0.2, -0.15) is 9.66 Å². The number of carbonyl (C=O) groups is 1. The summed E-state index contributed by atoms with van der Waals surface area (Å²) in [6.45, 7) is 9.76. The van der Waals surface area contributed by atoms with Crippen LogP contribution in [-0.4, -0.2) is 43.7 Å². The van der Waals surface area contributed by atoms with Gasteiger partial charge in [0.15, 0.2) is 0 Å². The molecule has 0 radical (unpaired) electrons. The maximum absolute atomic E-state index is 12.3. The molecule has 7 heteroatoms. The number of aryl methyl sites for hydroxylation is 1. The smallest absolute Gasteiger partial charge is 0.306 e. The molecule has 1 N–H and O–H groups in total. The van der Waals surface area contributed by atoms with E-state index in [1.807, 2.05) is 32.0 Å². The molecule has 0 unspecified atom stereocenters. The molecule has 0 amide bonds. The topological polar surface area (TPSA) is 76.5 Å². The number of para-hydroxylation sites is 2. The summed E-state index contributed by atoms with van der Waals surface area (Å²) < 4.78 is 7.41. The number of H-pyrrole nitrogens is 1. The Kier molecular flexibility index (Phi) is 6.51. The van der Waals surface area contributed by atoms with Crippen LogP contribution in [0.5, 0.6) is 0 Å². The number of hydrogen-bond acceptors (Lipinski definition) is 5. The van der Waals surface area contributed by atoms with Crippen molar-refractivity contribution in [3.05, 3.63) is 70.8 Å². The predicted octanol–water partition coefficient (Wildman–Crippen LogP) is 4.22. The number of fused-ring (bicyclic) bond motifs is 3. The molecule has 3 heterocycles. The summed E-state index contributed by atoms with van der Waals surface area (Å²) in [6, 6.07) is 19.2. The Morgan fingerprint density at radius 1 is 1.06 bits per heavy atom. The number of nitriles is 1. The number of piperazine rings is 1. The number of imidazole rings is 1. The van der Waals surface area contributed by atoms with Crippen LogP contribution in [0.25, 0.3) is 16.7 Å². The van der Waals surface area contributed by atoms with Crippen LogP contribution < -0.4 is 14.2 Å². The van der Waals surface area contributed by atoms with Gasteiger partial charge >= 0.3 is 5.97 Å². The highest BCUT2D eigenvalue weighted by atomic mass is 16.5. The summed E-state index contributed by atoms with van der Waals surface area (Å²) >= 11 is 0. The van der Waals surface area contributed by atoms with Gasteiger partial charge in [0.2, 0.25) is 11.5 Å². The van der Waals surface area contributed by atoms with Crippen LogP contribution in [-0.2, 0) is 16.0 Å². The number of aromatic amines is 1. The van der Waals surface area contributed by atoms with Gasteiger partial charge < -0.3 is 9.64 Å². The minimum absolute atomic E-state index is 0.213. The highest BCUT2D eigenvalue weighted by Gasteiger charge is 2.32. The third kappa shape index (κ3) is 4.24. The average molecular weight is 483 g/mol. The Labute approximate surface area is 211 Å². The minimum Gasteiger partial charge on any atom is -0.466 e. The molecule has 2 aromatic heterocycles. The molecule has 36 heavy (non-hydrogen) atoms. The number of nitrogens with one attached hydrogen (secondary N) is 1. The SMILES string of the molecule is CCOC(=O)CCc1c(C)c(C#N)c2[nH]c3ccccc3[n+]2c1N1CCN(c2ccc(C)cc2)CC1. The molecule has 0 aliphatic carbocycles. The first-order valence-electron chi connectivity index (χ1n) is 12.6. The van der Waals surface area contributed by atoms with Crippen LogP contribution in [0, 0.1) is 25.2 Å². The molecule has 1 fully saturated rings. The van der Waals surface area contributed by atoms with Crippen molar-refractivity contribution in [2.75, 3.05) is 42.6 Å². The van der Waals surface area contributed by atoms with Gasteiger partial charge in [0.1, 0.15) is 22.7 Å². The zero-order chi connectivity index (χ0) is 25.2. The summed E-state index contributed by atoms with van der Waals surface area (Å²) in [4.78, 5) is 20.6. The van der Waals surface area contributed by atoms with Crippen molar-refractivity contribution < 1.29 is 13.9 Å². The van der Waals surface area contributed by atoms with Crippen molar-refractivity contribution in [1.29, 1.82) is 5.26 Å². The van der Waals surface area contributed by atoms with E-state index in [1.165, 1.54) is 11.3 Å². The fraction of sp³-hybridized carbons (Fsp3) is 0.345. The van der Waals surface area contributed by atoms with Crippen LogP contribution in [0.3, 0.4) is 0 Å². The molecule has 5 rings (SSSR count). The molecule has 1 saturated heterocycles. The molecule has 184 valence electrons. The van der Waals surface area contributed by atoms with Gasteiger partial charge in [0, 0.05) is 30.8 Å². The number of hydrogen-bond donors (Lipinski definition) is 1. The number of esters is 1. The summed E-state index contributed by atoms with van der Waals surface area (Å²) in [5, 5.41) is 10.1. The number of aromatic nitrogens is 2. The first-order valence-corrected chi connectivity index (χ1v) is 12.6. The maximum Gasteiger partial charge on any atom is 0.306 e. The van der Waals surface area contributed by atoms with Crippen LogP contribution in [0.15, 0.2) is 48.5 Å². The molecular weight excluding hydrogens is 450 g/mol. The standard InChI is InChI=1S/C29H31N5O2/c1-4-36-27(35)14-13-23-21(3)24(19-30)28-31-25-7-5-6-8-26(25)34(28)29(23)33-17-15-32(16-18-33)22-11-9-20(2)10-12-22/h5-12H,4,13-18H2,1-3H3/p+1. The highest BCUT2D eigenvalue weighted by molar-refractivity contribution is 5.78. The lowest BCUT2D eigenvalue weighted by molar-refractivity contribution is -0.468. The van der Waals surface area contributed by atoms with Crippen LogP contribution in [0.2, 0.25) is 0 Å². The van der Waals surface area contributed by atoms with E-state index in [-0.39, 0.29) is 12.4 Å². The number of ether oxygens (including phenoxy) is 1. The van der Waals surface area contributed by atoms with Crippen molar-refractivity contribution in [1.82, 2.24) is 4.98 Å². The Morgan fingerprint density at radius 3 is 2.44 bits per heavy atom. The summed E-state index contributed by atoms with van der Waals surface area (Å²) in [6.07, 6.45) is 0.805. The van der Waals surface area contributed by atoms with E-state index in [0.29, 0.717) is 18.6 Å². The average Bonchev–Trinajstić information content (AvgIpc) is 3.27. The van der Waals surface area contributed by atoms with Crippen molar-refractivity contribution in [3.8, 4) is 6.07 Å². The van der Waals surface area contributed by atoms with Crippen molar-refractivity contribution >= 4 is 34.2 Å². The number of rotatable bonds is 6. The molecule has 4 aromatic rings. The van der Waals surface area contributed by atoms with E-state index in [0.717, 1.165) is 59.8 Å². The van der Waals surface area contributed by atoms with Gasteiger partial charge in [0.25, 0.3) is 0 Å². The molecule has 0 saturated carbocycles. The quantitative estimate of drug-likeness (QED) is 0.329. The third-order valence-electron chi connectivity index (χ3n) is 7.14. The number of anilines is 2. The van der Waals surface area contributed by atoms with Gasteiger partial charge in [-0.1, -0.05) is 29.8 Å². The highest BCUT2D eigenvalue weighted by Crippen LogP contribution is 2.30. The molecule has 7 nitrogen and oxygen atoms in total. The first-order chi connectivity index (χ1) is 17.5. The van der Waals surface area contributed by atoms with Gasteiger partial charge in [0.05, 0.1) is 19.7 Å². The molecule has 0 bridgehead atoms. The second kappa shape index (κ2) is 9.90. The Hall–Kier alpha value is -4.05. The Bertz CT molecular complexity index is 1460. The van der Waals surface area contributed by atoms with Gasteiger partial charge in [-0.3, -0.25) is 14.7 Å². The van der Waals surface area contributed by atoms with E-state index < -0.39 is 0 Å². The van der Waals surface area contributed by atoms with E-state index >= 15 is 0 Å². The van der Waals surface area contributed by atoms with Gasteiger partial charge in [-0.15, -0.1) is 0 Å². The summed E-state index contributed by atoms with van der Waals surface area (Å²) in [5.41, 5.74) is 7.88. The largest absolute Gasteiger partial charge is 0.466 e. The fourth-order valence-electron chi connectivity index (χ4n) is 5.26. The Morgan fingerprint density at radius 2 is 1.75 bits per heavy atom. The minimum atomic E-state index is -0.213. The summed E-state index contributed by atoms with van der Waals surface area (Å²) in [5.74, 6) is 0.848. The molecule has 1 aliphatic rings. The van der Waals surface area contributed by atoms with Gasteiger partial charge in [-0.05, 0) is 57.0 Å². The van der Waals surface area contributed by atoms with E-state index in [4.69, 9.17) is 4.74 Å². The number of nitrogens with zero attached hydrogens (tertiary/aromatic N) is 4. The predicted molar refractivity (Wildman–Crippen MR) is 141 cm³/mol. The van der Waals surface area contributed by atoms with Crippen molar-refractivity contribution in [2.45, 2.75) is 33.6 Å². The maximum atomic E-state index is 12.3. The normalized spacial score (nSPS) is 13.8. The van der Waals surface area contributed by atoms with Crippen molar-refractivity contribution in [2.24, 2.45) is 0 Å². The fourth-order valence-corrected chi connectivity index (χ4v) is 5.26. The van der Waals surface area contributed by atoms with Crippen LogP contribution in [0.1, 0.15) is 35.6 Å². The monoisotopic (exact) mass is 482 g/mol. The first kappa shape index (κ1) is 23.7.